The Kier molecular flexibility index (Phi) is 4.57. The average molecular weight is 291 g/mol. The SMILES string of the molecule is NCC1(c2cccc(OC3CCCSC3)c2)CCCC1. The van der Waals surface area contributed by atoms with Crippen LogP contribution in [-0.4, -0.2) is 24.2 Å². The molecule has 1 aliphatic carbocycles. The summed E-state index contributed by atoms with van der Waals surface area (Å²) in [5.41, 5.74) is 7.69. The lowest BCUT2D eigenvalue weighted by Gasteiger charge is -2.29. The van der Waals surface area contributed by atoms with Crippen molar-refractivity contribution in [1.82, 2.24) is 0 Å². The summed E-state index contributed by atoms with van der Waals surface area (Å²) in [4.78, 5) is 0. The number of hydrogen-bond acceptors (Lipinski definition) is 3. The fourth-order valence-corrected chi connectivity index (χ4v) is 4.59. The largest absolute Gasteiger partial charge is 0.490 e. The highest BCUT2D eigenvalue weighted by atomic mass is 32.2. The maximum atomic E-state index is 6.18. The first kappa shape index (κ1) is 14.3. The third kappa shape index (κ3) is 2.99. The van der Waals surface area contributed by atoms with E-state index in [1.54, 1.807) is 0 Å². The number of hydrogen-bond donors (Lipinski definition) is 1. The molecule has 3 rings (SSSR count). The third-order valence-electron chi connectivity index (χ3n) is 4.82. The maximum absolute atomic E-state index is 6.18. The predicted molar refractivity (Wildman–Crippen MR) is 86.6 cm³/mol. The van der Waals surface area contributed by atoms with E-state index in [0.717, 1.165) is 18.0 Å². The molecule has 1 saturated heterocycles. The van der Waals surface area contributed by atoms with Gasteiger partial charge in [-0.25, -0.2) is 0 Å². The Morgan fingerprint density at radius 1 is 1.25 bits per heavy atom. The molecule has 2 N–H and O–H groups in total. The van der Waals surface area contributed by atoms with Crippen LogP contribution in [0.15, 0.2) is 24.3 Å². The molecule has 1 unspecified atom stereocenters. The second-order valence-corrected chi connectivity index (χ2v) is 7.33. The van der Waals surface area contributed by atoms with Gasteiger partial charge in [0.1, 0.15) is 11.9 Å². The van der Waals surface area contributed by atoms with Crippen molar-refractivity contribution < 1.29 is 4.74 Å². The summed E-state index contributed by atoms with van der Waals surface area (Å²) in [7, 11) is 0. The van der Waals surface area contributed by atoms with Crippen LogP contribution in [0, 0.1) is 0 Å². The number of nitrogens with two attached hydrogens (primary N) is 1. The lowest BCUT2D eigenvalue weighted by atomic mass is 9.79. The average Bonchev–Trinajstić information content (AvgIpc) is 2.99. The maximum Gasteiger partial charge on any atom is 0.120 e. The zero-order valence-electron chi connectivity index (χ0n) is 12.1. The summed E-state index contributed by atoms with van der Waals surface area (Å²) in [5.74, 6) is 3.46. The Labute approximate surface area is 126 Å². The third-order valence-corrected chi connectivity index (χ3v) is 6.00. The molecule has 0 aromatic heterocycles. The molecule has 20 heavy (non-hydrogen) atoms. The molecule has 2 nitrogen and oxygen atoms in total. The summed E-state index contributed by atoms with van der Waals surface area (Å²) >= 11 is 2.01. The smallest absolute Gasteiger partial charge is 0.120 e. The monoisotopic (exact) mass is 291 g/mol. The van der Waals surface area contributed by atoms with Crippen molar-refractivity contribution in [2.24, 2.45) is 5.73 Å². The van der Waals surface area contributed by atoms with Gasteiger partial charge >= 0.3 is 0 Å². The Bertz CT molecular complexity index is 436. The molecular weight excluding hydrogens is 266 g/mol. The Morgan fingerprint density at radius 2 is 2.10 bits per heavy atom. The van der Waals surface area contributed by atoms with E-state index in [1.807, 2.05) is 11.8 Å². The molecule has 1 atom stereocenters. The van der Waals surface area contributed by atoms with Gasteiger partial charge in [-0.1, -0.05) is 25.0 Å². The normalized spacial score (nSPS) is 25.6. The first-order valence-corrected chi connectivity index (χ1v) is 9.03. The van der Waals surface area contributed by atoms with Crippen molar-refractivity contribution in [2.75, 3.05) is 18.1 Å². The van der Waals surface area contributed by atoms with Crippen LogP contribution < -0.4 is 10.5 Å². The highest BCUT2D eigenvalue weighted by molar-refractivity contribution is 7.99. The van der Waals surface area contributed by atoms with Crippen LogP contribution in [0.1, 0.15) is 44.1 Å². The quantitative estimate of drug-likeness (QED) is 0.918. The number of rotatable bonds is 4. The minimum absolute atomic E-state index is 0.209. The van der Waals surface area contributed by atoms with Gasteiger partial charge in [0.05, 0.1) is 0 Å². The molecule has 3 heteroatoms. The molecule has 0 bridgehead atoms. The summed E-state index contributed by atoms with van der Waals surface area (Å²) in [6.45, 7) is 0.760. The topological polar surface area (TPSA) is 35.2 Å². The van der Waals surface area contributed by atoms with Gasteiger partial charge in [-0.15, -0.1) is 0 Å². The molecule has 110 valence electrons. The fraction of sp³-hybridized carbons (Fsp3) is 0.647. The van der Waals surface area contributed by atoms with E-state index in [4.69, 9.17) is 10.5 Å². The molecule has 2 fully saturated rings. The van der Waals surface area contributed by atoms with Crippen molar-refractivity contribution in [3.05, 3.63) is 29.8 Å². The lowest BCUT2D eigenvalue weighted by molar-refractivity contribution is 0.211. The molecule has 0 radical (unpaired) electrons. The van der Waals surface area contributed by atoms with Gasteiger partial charge in [0.15, 0.2) is 0 Å². The second-order valence-electron chi connectivity index (χ2n) is 6.18. The Balaban J connectivity index is 1.75. The van der Waals surface area contributed by atoms with Crippen molar-refractivity contribution in [3.8, 4) is 5.75 Å². The number of ether oxygens (including phenoxy) is 1. The van der Waals surface area contributed by atoms with Crippen LogP contribution in [-0.2, 0) is 5.41 Å². The van der Waals surface area contributed by atoms with E-state index in [1.165, 1.54) is 49.8 Å². The van der Waals surface area contributed by atoms with E-state index in [2.05, 4.69) is 24.3 Å². The van der Waals surface area contributed by atoms with Crippen LogP contribution in [0.4, 0.5) is 0 Å². The predicted octanol–water partition coefficient (Wildman–Crippen LogP) is 3.73. The van der Waals surface area contributed by atoms with E-state index in [0.29, 0.717) is 6.10 Å². The number of benzene rings is 1. The molecule has 1 saturated carbocycles. The first-order chi connectivity index (χ1) is 9.82. The minimum Gasteiger partial charge on any atom is -0.490 e. The highest BCUT2D eigenvalue weighted by Gasteiger charge is 2.34. The number of thioether (sulfide) groups is 1. The minimum atomic E-state index is 0.209. The zero-order valence-corrected chi connectivity index (χ0v) is 13.0. The van der Waals surface area contributed by atoms with E-state index < -0.39 is 0 Å². The lowest BCUT2D eigenvalue weighted by Crippen LogP contribution is -2.32. The highest BCUT2D eigenvalue weighted by Crippen LogP contribution is 2.41. The van der Waals surface area contributed by atoms with E-state index in [-0.39, 0.29) is 5.41 Å². The summed E-state index contributed by atoms with van der Waals surface area (Å²) in [6.07, 6.45) is 7.93. The van der Waals surface area contributed by atoms with Crippen molar-refractivity contribution in [2.45, 2.75) is 50.0 Å². The van der Waals surface area contributed by atoms with Crippen LogP contribution in [0.3, 0.4) is 0 Å². The van der Waals surface area contributed by atoms with Crippen LogP contribution >= 0.6 is 11.8 Å². The Hall–Kier alpha value is -0.670. The van der Waals surface area contributed by atoms with Gasteiger partial charge in [-0.3, -0.25) is 0 Å². The molecule has 2 aliphatic rings. The standard InChI is InChI=1S/C17H25NOS/c18-13-17(8-1-2-9-17)14-5-3-6-15(11-14)19-16-7-4-10-20-12-16/h3,5-6,11,16H,1-2,4,7-10,12-13,18H2. The summed E-state index contributed by atoms with van der Waals surface area (Å²) in [5, 5.41) is 0. The first-order valence-electron chi connectivity index (χ1n) is 7.87. The van der Waals surface area contributed by atoms with Crippen molar-refractivity contribution >= 4 is 11.8 Å². The van der Waals surface area contributed by atoms with Crippen LogP contribution in [0.2, 0.25) is 0 Å². The van der Waals surface area contributed by atoms with Gasteiger partial charge in [0, 0.05) is 17.7 Å². The van der Waals surface area contributed by atoms with Crippen molar-refractivity contribution in [3.63, 3.8) is 0 Å². The van der Waals surface area contributed by atoms with Crippen LogP contribution in [0.5, 0.6) is 5.75 Å². The molecular formula is C17H25NOS. The van der Waals surface area contributed by atoms with Gasteiger partial charge in [0.25, 0.3) is 0 Å². The fourth-order valence-electron chi connectivity index (χ4n) is 3.56. The summed E-state index contributed by atoms with van der Waals surface area (Å²) in [6, 6.07) is 8.72. The van der Waals surface area contributed by atoms with Gasteiger partial charge in [0.2, 0.25) is 0 Å². The van der Waals surface area contributed by atoms with Gasteiger partial charge < -0.3 is 10.5 Å². The zero-order chi connectivity index (χ0) is 13.8. The van der Waals surface area contributed by atoms with Gasteiger partial charge in [-0.05, 0) is 49.1 Å². The van der Waals surface area contributed by atoms with Gasteiger partial charge in [-0.2, -0.15) is 11.8 Å². The molecule has 1 heterocycles. The van der Waals surface area contributed by atoms with E-state index >= 15 is 0 Å². The Morgan fingerprint density at radius 3 is 2.80 bits per heavy atom. The second kappa shape index (κ2) is 6.40. The van der Waals surface area contributed by atoms with Crippen molar-refractivity contribution in [1.29, 1.82) is 0 Å². The van der Waals surface area contributed by atoms with E-state index in [9.17, 15) is 0 Å². The molecule has 1 aliphatic heterocycles. The molecule has 1 aromatic carbocycles. The molecule has 1 aromatic rings. The van der Waals surface area contributed by atoms with Crippen LogP contribution in [0.25, 0.3) is 0 Å². The summed E-state index contributed by atoms with van der Waals surface area (Å²) < 4.78 is 6.18. The molecule has 0 spiro atoms. The molecule has 0 amide bonds.